The summed E-state index contributed by atoms with van der Waals surface area (Å²) in [5.74, 6) is 3.38. The average Bonchev–Trinajstić information content (AvgIpc) is 3.35. The molecule has 2 aliphatic heterocycles. The predicted molar refractivity (Wildman–Crippen MR) is 263 cm³/mol. The summed E-state index contributed by atoms with van der Waals surface area (Å²) in [4.78, 5) is 36.5. The topological polar surface area (TPSA) is 103 Å². The minimum Gasteiger partial charge on any atom is -0.489 e. The van der Waals surface area contributed by atoms with Crippen molar-refractivity contribution in [1.29, 1.82) is 0 Å². The number of rotatable bonds is 13. The van der Waals surface area contributed by atoms with E-state index in [0.29, 0.717) is 23.8 Å². The monoisotopic (exact) mass is 930 g/mol. The molecule has 2 saturated carbocycles. The van der Waals surface area contributed by atoms with E-state index in [1.54, 1.807) is 6.07 Å². The van der Waals surface area contributed by atoms with E-state index in [0.717, 1.165) is 140 Å². The van der Waals surface area contributed by atoms with E-state index < -0.39 is 0 Å². The van der Waals surface area contributed by atoms with Crippen LogP contribution in [0, 0.1) is 23.7 Å². The summed E-state index contributed by atoms with van der Waals surface area (Å²) < 4.78 is 22.6. The van der Waals surface area contributed by atoms with Crippen LogP contribution in [0.2, 0.25) is 10.0 Å². The van der Waals surface area contributed by atoms with E-state index in [1.165, 1.54) is 44.1 Å². The molecule has 8 rings (SSSR count). The summed E-state index contributed by atoms with van der Waals surface area (Å²) in [6, 6.07) is 20.2. The highest BCUT2D eigenvalue weighted by Crippen LogP contribution is 2.38. The molecule has 65 heavy (non-hydrogen) atoms. The van der Waals surface area contributed by atoms with Crippen molar-refractivity contribution in [2.24, 2.45) is 23.7 Å². The SMILES string of the molecule is CCC1CCC(Oc2ccc3ccc(C=O)cc3c2Cl)CC1.CCOC(=O)C1CCN(Cc2ccc3ccc(OC4CCC(CC)CC4)c(Cl)c3c2)CC1.CCOC(=O)C1CCNCC1. The number of likely N-dealkylation sites (tertiary alicyclic amines) is 1. The third-order valence-corrected chi connectivity index (χ3v) is 14.7. The van der Waals surface area contributed by atoms with Gasteiger partial charge >= 0.3 is 11.9 Å². The van der Waals surface area contributed by atoms with Gasteiger partial charge in [-0.15, -0.1) is 0 Å². The molecule has 11 heteroatoms. The summed E-state index contributed by atoms with van der Waals surface area (Å²) in [7, 11) is 0. The Hall–Kier alpha value is -3.89. The maximum absolute atomic E-state index is 12.0. The lowest BCUT2D eigenvalue weighted by molar-refractivity contribution is -0.150. The second-order valence-corrected chi connectivity index (χ2v) is 19.1. The van der Waals surface area contributed by atoms with Crippen LogP contribution in [0.3, 0.4) is 0 Å². The molecule has 0 atom stereocenters. The van der Waals surface area contributed by atoms with E-state index in [-0.39, 0.29) is 36.0 Å². The summed E-state index contributed by atoms with van der Waals surface area (Å²) in [5, 5.41) is 8.65. The Morgan fingerprint density at radius 2 is 1.08 bits per heavy atom. The van der Waals surface area contributed by atoms with E-state index in [1.807, 2.05) is 44.2 Å². The second kappa shape index (κ2) is 25.9. The molecule has 4 aliphatic rings. The van der Waals surface area contributed by atoms with Gasteiger partial charge in [0.05, 0.1) is 47.3 Å². The van der Waals surface area contributed by atoms with Crippen LogP contribution in [0.15, 0.2) is 60.7 Å². The summed E-state index contributed by atoms with van der Waals surface area (Å²) >= 11 is 13.3. The molecule has 2 saturated heterocycles. The second-order valence-electron chi connectivity index (χ2n) is 18.3. The number of nitrogens with zero attached hydrogens (tertiary/aromatic N) is 1. The Bertz CT molecular complexity index is 2130. The van der Waals surface area contributed by atoms with Gasteiger partial charge in [0.15, 0.2) is 0 Å². The Morgan fingerprint density at radius 1 is 0.615 bits per heavy atom. The first kappa shape index (κ1) is 50.5. The highest BCUT2D eigenvalue weighted by atomic mass is 35.5. The number of benzene rings is 4. The van der Waals surface area contributed by atoms with Gasteiger partial charge < -0.3 is 24.3 Å². The molecule has 4 aromatic rings. The minimum atomic E-state index is -0.0413. The molecule has 0 aromatic heterocycles. The van der Waals surface area contributed by atoms with E-state index >= 15 is 0 Å². The fraction of sp³-hybridized carbons (Fsp3) is 0.574. The summed E-state index contributed by atoms with van der Waals surface area (Å²) in [6.45, 7) is 13.8. The quantitative estimate of drug-likeness (QED) is 0.104. The van der Waals surface area contributed by atoms with E-state index in [9.17, 15) is 14.4 Å². The molecule has 4 aromatic carbocycles. The Labute approximate surface area is 397 Å². The molecule has 354 valence electrons. The van der Waals surface area contributed by atoms with Crippen LogP contribution in [-0.2, 0) is 25.6 Å². The number of esters is 2. The molecule has 2 heterocycles. The van der Waals surface area contributed by atoms with Crippen molar-refractivity contribution >= 4 is 63.0 Å². The van der Waals surface area contributed by atoms with Crippen molar-refractivity contribution in [3.8, 4) is 11.5 Å². The van der Waals surface area contributed by atoms with Gasteiger partial charge in [0.1, 0.15) is 17.8 Å². The number of hydrogen-bond acceptors (Lipinski definition) is 9. The van der Waals surface area contributed by atoms with Crippen molar-refractivity contribution in [2.75, 3.05) is 39.4 Å². The lowest BCUT2D eigenvalue weighted by Gasteiger charge is -2.31. The van der Waals surface area contributed by atoms with Crippen molar-refractivity contribution in [3.05, 3.63) is 81.8 Å². The summed E-state index contributed by atoms with van der Waals surface area (Å²) in [5.41, 5.74) is 1.88. The van der Waals surface area contributed by atoms with Crippen LogP contribution < -0.4 is 14.8 Å². The maximum atomic E-state index is 12.0. The number of hydrogen-bond donors (Lipinski definition) is 1. The van der Waals surface area contributed by atoms with Crippen LogP contribution in [0.25, 0.3) is 21.5 Å². The number of carbonyl (C=O) groups is 3. The van der Waals surface area contributed by atoms with Crippen LogP contribution in [0.5, 0.6) is 11.5 Å². The first-order valence-corrected chi connectivity index (χ1v) is 25.4. The van der Waals surface area contributed by atoms with Gasteiger partial charge in [-0.05, 0) is 170 Å². The Kier molecular flexibility index (Phi) is 20.1. The van der Waals surface area contributed by atoms with Crippen molar-refractivity contribution in [1.82, 2.24) is 10.2 Å². The molecule has 4 fully saturated rings. The Balaban J connectivity index is 0.000000182. The number of carbonyl (C=O) groups excluding carboxylic acids is 3. The first-order chi connectivity index (χ1) is 31.6. The third kappa shape index (κ3) is 14.6. The zero-order chi connectivity index (χ0) is 46.1. The van der Waals surface area contributed by atoms with Crippen LogP contribution in [-0.4, -0.2) is 74.7 Å². The maximum Gasteiger partial charge on any atom is 0.309 e. The Morgan fingerprint density at radius 3 is 1.55 bits per heavy atom. The van der Waals surface area contributed by atoms with Gasteiger partial charge in [-0.1, -0.05) is 86.3 Å². The van der Waals surface area contributed by atoms with Gasteiger partial charge in [-0.3, -0.25) is 19.3 Å². The highest BCUT2D eigenvalue weighted by molar-refractivity contribution is 6.37. The van der Waals surface area contributed by atoms with Gasteiger partial charge in [0.2, 0.25) is 0 Å². The highest BCUT2D eigenvalue weighted by Gasteiger charge is 2.27. The summed E-state index contributed by atoms with van der Waals surface area (Å²) in [6.07, 6.45) is 16.9. The molecule has 0 unspecified atom stereocenters. The molecular weight excluding hydrogens is 860 g/mol. The molecule has 0 amide bonds. The van der Waals surface area contributed by atoms with Crippen molar-refractivity contribution < 1.29 is 33.3 Å². The van der Waals surface area contributed by atoms with E-state index in [2.05, 4.69) is 48.3 Å². The van der Waals surface area contributed by atoms with Gasteiger partial charge in [-0.25, -0.2) is 0 Å². The zero-order valence-corrected chi connectivity index (χ0v) is 40.7. The fourth-order valence-corrected chi connectivity index (χ4v) is 10.3. The number of fused-ring (bicyclic) bond motifs is 2. The zero-order valence-electron chi connectivity index (χ0n) is 39.2. The average molecular weight is 932 g/mol. The van der Waals surface area contributed by atoms with Gasteiger partial charge in [0.25, 0.3) is 0 Å². The lowest BCUT2D eigenvalue weighted by Crippen LogP contribution is -2.36. The molecule has 0 bridgehead atoms. The largest absolute Gasteiger partial charge is 0.489 e. The molecule has 0 spiro atoms. The molecule has 1 N–H and O–H groups in total. The van der Waals surface area contributed by atoms with Crippen LogP contribution in [0.1, 0.15) is 134 Å². The molecule has 0 radical (unpaired) electrons. The normalized spacial score (nSPS) is 21.9. The predicted octanol–water partition coefficient (Wildman–Crippen LogP) is 12.8. The lowest BCUT2D eigenvalue weighted by atomic mass is 9.86. The fourth-order valence-electron chi connectivity index (χ4n) is 9.78. The standard InChI is InChI=1S/C27H36ClNO3.C19H21ClO2.C8H15NO2/c1-3-19-6-10-23(11-7-19)32-25-12-9-21-8-5-20(17-24(21)26(25)28)18-29-15-13-22(14-16-29)27(30)31-4-2;1-2-13-4-8-16(9-5-13)22-18-10-7-15-6-3-14(12-21)11-17(15)19(18)20;1-2-11-8(10)7-3-5-9-6-4-7/h5,8-9,12,17,19,22-23H,3-4,6-7,10-11,13-16,18H2,1-2H3;3,6-7,10-13,16H,2,4-5,8-9H2,1H3;7,9H,2-6H2,1H3. The van der Waals surface area contributed by atoms with Gasteiger partial charge in [-0.2, -0.15) is 0 Å². The minimum absolute atomic E-state index is 0.0194. The van der Waals surface area contributed by atoms with Crippen molar-refractivity contribution in [2.45, 2.75) is 136 Å². The number of aldehydes is 1. The van der Waals surface area contributed by atoms with Gasteiger partial charge in [0, 0.05) is 22.9 Å². The van der Waals surface area contributed by atoms with E-state index in [4.69, 9.17) is 42.1 Å². The smallest absolute Gasteiger partial charge is 0.309 e. The van der Waals surface area contributed by atoms with Crippen LogP contribution >= 0.6 is 23.2 Å². The molecule has 9 nitrogen and oxygen atoms in total. The molecular formula is C54H72Cl2N2O7. The molecule has 2 aliphatic carbocycles. The van der Waals surface area contributed by atoms with Crippen LogP contribution in [0.4, 0.5) is 0 Å². The third-order valence-electron chi connectivity index (χ3n) is 14.0. The van der Waals surface area contributed by atoms with Crippen molar-refractivity contribution in [3.63, 3.8) is 0 Å². The number of ether oxygens (including phenoxy) is 4. The number of nitrogens with one attached hydrogen (secondary N) is 1. The number of piperidine rings is 2. The first-order valence-electron chi connectivity index (χ1n) is 24.6. The number of halogens is 2.